The molecule has 0 saturated heterocycles. The fraction of sp³-hybridized carbons (Fsp3) is 0. The molecule has 0 radical (unpaired) electrons. The molecule has 8 heteroatoms. The van der Waals surface area contributed by atoms with Crippen molar-refractivity contribution in [3.63, 3.8) is 0 Å². The first-order valence-electron chi connectivity index (χ1n) is 3.09. The molecular weight excluding hydrogens is 214 g/mol. The maximum absolute atomic E-state index is 10.9. The van der Waals surface area contributed by atoms with Crippen molar-refractivity contribution in [2.45, 2.75) is 0 Å². The number of thiophene rings is 1. The second-order valence-corrected chi connectivity index (χ2v) is 4.42. The van der Waals surface area contributed by atoms with Gasteiger partial charge < -0.3 is 5.73 Å². The van der Waals surface area contributed by atoms with E-state index < -0.39 is 16.2 Å². The molecule has 0 bridgehead atoms. The first-order valence-corrected chi connectivity index (χ1v) is 5.47. The second-order valence-electron chi connectivity index (χ2n) is 2.10. The van der Waals surface area contributed by atoms with Crippen LogP contribution in [0.3, 0.4) is 0 Å². The molecule has 0 aliphatic carbocycles. The van der Waals surface area contributed by atoms with Crippen molar-refractivity contribution >= 4 is 32.6 Å². The quantitative estimate of drug-likeness (QED) is 0.724. The van der Waals surface area contributed by atoms with Gasteiger partial charge in [-0.25, -0.2) is 9.93 Å². The Balaban J connectivity index is 3.17. The molecule has 0 fully saturated rings. The third-order valence-electron chi connectivity index (χ3n) is 1.16. The Labute approximate surface area is 78.9 Å². The molecule has 1 heterocycles. The maximum atomic E-state index is 10.9. The summed E-state index contributed by atoms with van der Waals surface area (Å²) in [6.07, 6.45) is 0. The van der Waals surface area contributed by atoms with Gasteiger partial charge in [-0.1, -0.05) is 0 Å². The van der Waals surface area contributed by atoms with Crippen molar-refractivity contribution in [3.8, 4) is 0 Å². The summed E-state index contributed by atoms with van der Waals surface area (Å²) in [6.45, 7) is 0. The molecule has 0 spiro atoms. The predicted molar refractivity (Wildman–Crippen MR) is 49.5 cm³/mol. The summed E-state index contributed by atoms with van der Waals surface area (Å²) in [5.41, 5.74) is 4.85. The molecule has 0 unspecified atom stereocenters. The van der Waals surface area contributed by atoms with Crippen LogP contribution in [0.5, 0.6) is 0 Å². The zero-order chi connectivity index (χ0) is 10.1. The summed E-state index contributed by atoms with van der Waals surface area (Å²) >= 11 is 1.05. The molecule has 1 aromatic heterocycles. The van der Waals surface area contributed by atoms with Crippen LogP contribution in [0, 0.1) is 0 Å². The van der Waals surface area contributed by atoms with Gasteiger partial charge in [-0.3, -0.25) is 0 Å². The molecule has 1 aromatic rings. The van der Waals surface area contributed by atoms with Gasteiger partial charge in [0, 0.05) is 0 Å². The standard InChI is InChI=1S/C5H7N3O3S2/c6-5(9)8(13(7,10)11)4-2-1-3-12-4/h1-3H,(H2,6,9)(H2,7,10,11). The molecule has 0 aliphatic rings. The monoisotopic (exact) mass is 221 g/mol. The number of hydrogen-bond acceptors (Lipinski definition) is 4. The molecule has 0 saturated carbocycles. The highest BCUT2D eigenvalue weighted by atomic mass is 32.2. The van der Waals surface area contributed by atoms with Crippen LogP contribution in [0.1, 0.15) is 0 Å². The molecule has 0 atom stereocenters. The van der Waals surface area contributed by atoms with E-state index >= 15 is 0 Å². The lowest BCUT2D eigenvalue weighted by molar-refractivity contribution is 0.257. The van der Waals surface area contributed by atoms with E-state index in [2.05, 4.69) is 0 Å². The topological polar surface area (TPSA) is 106 Å². The number of nitrogens with two attached hydrogens (primary N) is 2. The largest absolute Gasteiger partial charge is 0.350 e. The molecule has 2 amide bonds. The van der Waals surface area contributed by atoms with Gasteiger partial charge in [-0.15, -0.1) is 11.3 Å². The number of carbonyl (C=O) groups is 1. The van der Waals surface area contributed by atoms with Crippen LogP contribution < -0.4 is 15.2 Å². The van der Waals surface area contributed by atoms with Gasteiger partial charge in [0.25, 0.3) is 0 Å². The number of rotatable bonds is 2. The number of urea groups is 1. The molecule has 6 nitrogen and oxygen atoms in total. The fourth-order valence-electron chi connectivity index (χ4n) is 0.745. The van der Waals surface area contributed by atoms with E-state index in [4.69, 9.17) is 10.9 Å². The predicted octanol–water partition coefficient (Wildman–Crippen LogP) is -0.163. The average molecular weight is 221 g/mol. The van der Waals surface area contributed by atoms with Gasteiger partial charge in [0.15, 0.2) is 0 Å². The lowest BCUT2D eigenvalue weighted by Crippen LogP contribution is -2.44. The third-order valence-corrected chi connectivity index (χ3v) is 3.02. The van der Waals surface area contributed by atoms with E-state index in [1.807, 2.05) is 0 Å². The van der Waals surface area contributed by atoms with E-state index in [9.17, 15) is 13.2 Å². The van der Waals surface area contributed by atoms with Crippen LogP contribution in [0.2, 0.25) is 0 Å². The van der Waals surface area contributed by atoms with Gasteiger partial charge >= 0.3 is 16.2 Å². The molecule has 4 N–H and O–H groups in total. The smallest absolute Gasteiger partial charge is 0.334 e. The third kappa shape index (κ3) is 2.17. The van der Waals surface area contributed by atoms with Crippen LogP contribution in [-0.4, -0.2) is 14.4 Å². The van der Waals surface area contributed by atoms with E-state index in [-0.39, 0.29) is 5.00 Å². The van der Waals surface area contributed by atoms with Crippen LogP contribution in [-0.2, 0) is 10.2 Å². The summed E-state index contributed by atoms with van der Waals surface area (Å²) in [5.74, 6) is 0. The van der Waals surface area contributed by atoms with Crippen molar-refractivity contribution < 1.29 is 13.2 Å². The Bertz CT molecular complexity index is 397. The van der Waals surface area contributed by atoms with Crippen LogP contribution in [0.15, 0.2) is 17.5 Å². The number of hydrogen-bond donors (Lipinski definition) is 2. The van der Waals surface area contributed by atoms with Gasteiger partial charge in [0.1, 0.15) is 5.00 Å². The normalized spacial score (nSPS) is 11.2. The van der Waals surface area contributed by atoms with Crippen LogP contribution in [0.4, 0.5) is 9.80 Å². The van der Waals surface area contributed by atoms with Crippen molar-refractivity contribution in [3.05, 3.63) is 17.5 Å². The van der Waals surface area contributed by atoms with Crippen molar-refractivity contribution in [2.75, 3.05) is 4.31 Å². The van der Waals surface area contributed by atoms with Gasteiger partial charge in [-0.05, 0) is 17.5 Å². The van der Waals surface area contributed by atoms with Crippen molar-refractivity contribution in [2.24, 2.45) is 10.9 Å². The zero-order valence-electron chi connectivity index (χ0n) is 6.38. The molecular formula is C5H7N3O3S2. The first kappa shape index (κ1) is 9.96. The molecule has 1 rings (SSSR count). The number of carbonyl (C=O) groups excluding carboxylic acids is 1. The lowest BCUT2D eigenvalue weighted by Gasteiger charge is -2.14. The van der Waals surface area contributed by atoms with Gasteiger partial charge in [0.2, 0.25) is 0 Å². The minimum Gasteiger partial charge on any atom is -0.350 e. The SMILES string of the molecule is NC(=O)N(c1cccs1)S(N)(=O)=O. The highest BCUT2D eigenvalue weighted by Gasteiger charge is 2.24. The Morgan fingerprint density at radius 1 is 1.54 bits per heavy atom. The van der Waals surface area contributed by atoms with E-state index in [1.165, 1.54) is 6.07 Å². The van der Waals surface area contributed by atoms with Crippen LogP contribution >= 0.6 is 11.3 Å². The maximum Gasteiger partial charge on any atom is 0.334 e. The van der Waals surface area contributed by atoms with E-state index in [0.29, 0.717) is 4.31 Å². The second kappa shape index (κ2) is 3.32. The molecule has 72 valence electrons. The minimum atomic E-state index is -4.12. The Hall–Kier alpha value is -1.12. The summed E-state index contributed by atoms with van der Waals surface area (Å²) < 4.78 is 22.1. The number of nitrogens with zero attached hydrogens (tertiary/aromatic N) is 1. The summed E-state index contributed by atoms with van der Waals surface area (Å²) in [5, 5.41) is 6.56. The lowest BCUT2D eigenvalue weighted by atomic mass is 10.6. The number of amides is 2. The highest BCUT2D eigenvalue weighted by Crippen LogP contribution is 2.22. The van der Waals surface area contributed by atoms with Gasteiger partial charge in [-0.2, -0.15) is 12.7 Å². The number of primary amides is 1. The molecule has 13 heavy (non-hydrogen) atoms. The molecule has 0 aliphatic heterocycles. The summed E-state index contributed by atoms with van der Waals surface area (Å²) in [4.78, 5) is 10.7. The summed E-state index contributed by atoms with van der Waals surface area (Å²) in [7, 11) is -4.12. The van der Waals surface area contributed by atoms with Crippen LogP contribution in [0.25, 0.3) is 0 Å². The van der Waals surface area contributed by atoms with E-state index in [0.717, 1.165) is 11.3 Å². The van der Waals surface area contributed by atoms with Gasteiger partial charge in [0.05, 0.1) is 0 Å². The fourth-order valence-corrected chi connectivity index (χ4v) is 2.39. The molecule has 0 aromatic carbocycles. The Morgan fingerprint density at radius 3 is 2.46 bits per heavy atom. The zero-order valence-corrected chi connectivity index (χ0v) is 8.01. The minimum absolute atomic E-state index is 0.176. The van der Waals surface area contributed by atoms with E-state index in [1.54, 1.807) is 11.4 Å². The Morgan fingerprint density at radius 2 is 2.15 bits per heavy atom. The summed E-state index contributed by atoms with van der Waals surface area (Å²) in [6, 6.07) is 1.89. The average Bonchev–Trinajstić information content (AvgIpc) is 2.34. The first-order chi connectivity index (χ1) is 5.93. The van der Waals surface area contributed by atoms with Crippen molar-refractivity contribution in [1.82, 2.24) is 0 Å². The van der Waals surface area contributed by atoms with Crippen molar-refractivity contribution in [1.29, 1.82) is 0 Å². The highest BCUT2D eigenvalue weighted by molar-refractivity contribution is 7.91. The Kier molecular flexibility index (Phi) is 2.55. The number of anilines is 1.